The summed E-state index contributed by atoms with van der Waals surface area (Å²) in [5, 5.41) is 0. The highest BCUT2D eigenvalue weighted by molar-refractivity contribution is 5.69. The van der Waals surface area contributed by atoms with Crippen LogP contribution in [0.4, 0.5) is 0 Å². The summed E-state index contributed by atoms with van der Waals surface area (Å²) in [6.45, 7) is 5.01. The zero-order valence-corrected chi connectivity index (χ0v) is 11.6. The van der Waals surface area contributed by atoms with Crippen molar-refractivity contribution in [1.29, 1.82) is 0 Å². The van der Waals surface area contributed by atoms with E-state index in [-0.39, 0.29) is 18.1 Å². The number of carbonyl (C=O) groups excluding carboxylic acids is 1. The summed E-state index contributed by atoms with van der Waals surface area (Å²) in [7, 11) is 1.44. The molecule has 2 unspecified atom stereocenters. The summed E-state index contributed by atoms with van der Waals surface area (Å²) in [6.07, 6.45) is 3.95. The van der Waals surface area contributed by atoms with Crippen LogP contribution in [0.2, 0.25) is 0 Å². The Bertz CT molecular complexity index is 248. The highest BCUT2D eigenvalue weighted by Crippen LogP contribution is 2.20. The van der Waals surface area contributed by atoms with E-state index in [1.54, 1.807) is 0 Å². The van der Waals surface area contributed by atoms with Gasteiger partial charge in [-0.3, -0.25) is 9.69 Å². The van der Waals surface area contributed by atoms with Crippen molar-refractivity contribution < 1.29 is 14.3 Å². The monoisotopic (exact) mass is 258 g/mol. The van der Waals surface area contributed by atoms with Crippen molar-refractivity contribution in [3.05, 3.63) is 0 Å². The molecule has 0 spiro atoms. The molecule has 5 heteroatoms. The molecule has 1 aliphatic heterocycles. The minimum absolute atomic E-state index is 0.0632. The van der Waals surface area contributed by atoms with Gasteiger partial charge in [-0.1, -0.05) is 6.42 Å². The Morgan fingerprint density at radius 1 is 1.50 bits per heavy atom. The van der Waals surface area contributed by atoms with E-state index in [4.69, 9.17) is 15.2 Å². The van der Waals surface area contributed by atoms with Crippen LogP contribution in [0.5, 0.6) is 0 Å². The van der Waals surface area contributed by atoms with Gasteiger partial charge in [0.2, 0.25) is 0 Å². The maximum atomic E-state index is 11.4. The van der Waals surface area contributed by atoms with Crippen molar-refractivity contribution in [1.82, 2.24) is 4.90 Å². The zero-order valence-electron chi connectivity index (χ0n) is 11.6. The number of hydrogen-bond donors (Lipinski definition) is 1. The van der Waals surface area contributed by atoms with Crippen molar-refractivity contribution in [3.63, 3.8) is 0 Å². The number of carbonyl (C=O) groups is 1. The summed E-state index contributed by atoms with van der Waals surface area (Å²) in [4.78, 5) is 13.7. The quantitative estimate of drug-likeness (QED) is 0.683. The normalized spacial score (nSPS) is 22.7. The SMILES string of the molecule is CCOC(CN)CN1CCCCC1CC(=O)OC. The van der Waals surface area contributed by atoms with Crippen molar-refractivity contribution in [2.45, 2.75) is 44.8 Å². The van der Waals surface area contributed by atoms with E-state index < -0.39 is 0 Å². The van der Waals surface area contributed by atoms with Gasteiger partial charge in [-0.2, -0.15) is 0 Å². The van der Waals surface area contributed by atoms with Crippen LogP contribution in [0, 0.1) is 0 Å². The highest BCUT2D eigenvalue weighted by Gasteiger charge is 2.26. The predicted octanol–water partition coefficient (Wildman–Crippen LogP) is 0.768. The van der Waals surface area contributed by atoms with Crippen LogP contribution in [0.15, 0.2) is 0 Å². The van der Waals surface area contributed by atoms with Crippen LogP contribution in [-0.2, 0) is 14.3 Å². The molecule has 5 nitrogen and oxygen atoms in total. The van der Waals surface area contributed by atoms with Crippen molar-refractivity contribution >= 4 is 5.97 Å². The van der Waals surface area contributed by atoms with E-state index in [0.717, 1.165) is 19.5 Å². The van der Waals surface area contributed by atoms with E-state index in [2.05, 4.69) is 4.90 Å². The first kappa shape index (κ1) is 15.4. The average Bonchev–Trinajstić information content (AvgIpc) is 2.40. The smallest absolute Gasteiger partial charge is 0.307 e. The maximum absolute atomic E-state index is 11.4. The fraction of sp³-hybridized carbons (Fsp3) is 0.923. The lowest BCUT2D eigenvalue weighted by molar-refractivity contribution is -0.142. The second-order valence-electron chi connectivity index (χ2n) is 4.74. The number of likely N-dealkylation sites (tertiary alicyclic amines) is 1. The molecule has 1 saturated heterocycles. The Kier molecular flexibility index (Phi) is 7.23. The zero-order chi connectivity index (χ0) is 13.4. The van der Waals surface area contributed by atoms with Crippen molar-refractivity contribution in [3.8, 4) is 0 Å². The van der Waals surface area contributed by atoms with Crippen molar-refractivity contribution in [2.75, 3.05) is 33.4 Å². The Morgan fingerprint density at radius 3 is 2.89 bits per heavy atom. The fourth-order valence-electron chi connectivity index (χ4n) is 2.50. The number of methoxy groups -OCH3 is 1. The lowest BCUT2D eigenvalue weighted by Crippen LogP contribution is -2.47. The number of hydrogen-bond acceptors (Lipinski definition) is 5. The molecule has 1 aliphatic rings. The molecule has 1 heterocycles. The first-order valence-electron chi connectivity index (χ1n) is 6.83. The molecule has 106 valence electrons. The molecule has 2 atom stereocenters. The third-order valence-corrected chi connectivity index (χ3v) is 3.48. The summed E-state index contributed by atoms with van der Waals surface area (Å²) in [6, 6.07) is 0.278. The number of esters is 1. The Hall–Kier alpha value is -0.650. The number of ether oxygens (including phenoxy) is 2. The minimum atomic E-state index is -0.132. The molecule has 2 N–H and O–H groups in total. The summed E-state index contributed by atoms with van der Waals surface area (Å²) in [5.41, 5.74) is 5.71. The van der Waals surface area contributed by atoms with Gasteiger partial charge in [-0.05, 0) is 26.3 Å². The lowest BCUT2D eigenvalue weighted by Gasteiger charge is -2.37. The highest BCUT2D eigenvalue weighted by atomic mass is 16.5. The Labute approximate surface area is 110 Å². The van der Waals surface area contributed by atoms with Crippen LogP contribution in [0.1, 0.15) is 32.6 Å². The molecule has 0 aromatic rings. The van der Waals surface area contributed by atoms with Gasteiger partial charge in [0.25, 0.3) is 0 Å². The van der Waals surface area contributed by atoms with Crippen LogP contribution in [-0.4, -0.2) is 56.4 Å². The molecule has 0 aliphatic carbocycles. The van der Waals surface area contributed by atoms with Gasteiger partial charge in [0, 0.05) is 25.7 Å². The molecule has 0 aromatic heterocycles. The first-order valence-corrected chi connectivity index (χ1v) is 6.83. The number of nitrogens with two attached hydrogens (primary N) is 1. The van der Waals surface area contributed by atoms with Gasteiger partial charge in [-0.25, -0.2) is 0 Å². The molecule has 0 bridgehead atoms. The second-order valence-corrected chi connectivity index (χ2v) is 4.74. The molecule has 18 heavy (non-hydrogen) atoms. The van der Waals surface area contributed by atoms with Gasteiger partial charge in [-0.15, -0.1) is 0 Å². The fourth-order valence-corrected chi connectivity index (χ4v) is 2.50. The van der Waals surface area contributed by atoms with E-state index in [1.807, 2.05) is 6.92 Å². The Morgan fingerprint density at radius 2 is 2.28 bits per heavy atom. The predicted molar refractivity (Wildman–Crippen MR) is 70.3 cm³/mol. The van der Waals surface area contributed by atoms with Gasteiger partial charge >= 0.3 is 5.97 Å². The van der Waals surface area contributed by atoms with Crippen molar-refractivity contribution in [2.24, 2.45) is 5.73 Å². The number of nitrogens with zero attached hydrogens (tertiary/aromatic N) is 1. The van der Waals surface area contributed by atoms with E-state index in [9.17, 15) is 4.79 Å². The third kappa shape index (κ3) is 4.92. The van der Waals surface area contributed by atoms with Gasteiger partial charge < -0.3 is 15.2 Å². The lowest BCUT2D eigenvalue weighted by atomic mass is 9.99. The third-order valence-electron chi connectivity index (χ3n) is 3.48. The summed E-state index contributed by atoms with van der Waals surface area (Å²) < 4.78 is 10.3. The first-order chi connectivity index (χ1) is 8.71. The maximum Gasteiger partial charge on any atom is 0.307 e. The molecule has 0 radical (unpaired) electrons. The summed E-state index contributed by atoms with van der Waals surface area (Å²) >= 11 is 0. The summed E-state index contributed by atoms with van der Waals surface area (Å²) in [5.74, 6) is -0.132. The van der Waals surface area contributed by atoms with Gasteiger partial charge in [0.05, 0.1) is 19.6 Å². The van der Waals surface area contributed by atoms with Gasteiger partial charge in [0.15, 0.2) is 0 Å². The average molecular weight is 258 g/mol. The van der Waals surface area contributed by atoms with Crippen LogP contribution in [0.25, 0.3) is 0 Å². The molecular formula is C13H26N2O3. The number of rotatable bonds is 7. The van der Waals surface area contributed by atoms with E-state index >= 15 is 0 Å². The topological polar surface area (TPSA) is 64.8 Å². The van der Waals surface area contributed by atoms with Crippen LogP contribution in [0.3, 0.4) is 0 Å². The molecule has 0 saturated carbocycles. The minimum Gasteiger partial charge on any atom is -0.469 e. The molecule has 0 amide bonds. The van der Waals surface area contributed by atoms with E-state index in [0.29, 0.717) is 19.6 Å². The van der Waals surface area contributed by atoms with E-state index in [1.165, 1.54) is 20.0 Å². The molecular weight excluding hydrogens is 232 g/mol. The Balaban J connectivity index is 2.50. The van der Waals surface area contributed by atoms with Crippen LogP contribution < -0.4 is 5.73 Å². The standard InChI is InChI=1S/C13H26N2O3/c1-3-18-12(9-14)10-15-7-5-4-6-11(15)8-13(16)17-2/h11-12H,3-10,14H2,1-2H3. The molecule has 1 fully saturated rings. The molecule has 0 aromatic carbocycles. The molecule has 1 rings (SSSR count). The van der Waals surface area contributed by atoms with Gasteiger partial charge in [0.1, 0.15) is 0 Å². The second kappa shape index (κ2) is 8.45. The van der Waals surface area contributed by atoms with Crippen LogP contribution >= 0.6 is 0 Å². The number of piperidine rings is 1. The largest absolute Gasteiger partial charge is 0.469 e.